The molecule has 152 valence electrons. The van der Waals surface area contributed by atoms with E-state index in [4.69, 9.17) is 9.15 Å². The quantitative estimate of drug-likeness (QED) is 0.482. The molecule has 3 aromatic rings. The third-order valence-electron chi connectivity index (χ3n) is 4.62. The number of benzene rings is 2. The highest BCUT2D eigenvalue weighted by Gasteiger charge is 2.21. The molecule has 1 aromatic heterocycles. The molecule has 3 rings (SSSR count). The van der Waals surface area contributed by atoms with Crippen molar-refractivity contribution in [1.29, 1.82) is 0 Å². The van der Waals surface area contributed by atoms with Gasteiger partial charge in [0.25, 0.3) is 5.69 Å². The van der Waals surface area contributed by atoms with Crippen molar-refractivity contribution >= 4 is 22.7 Å². The standard InChI is InChI=1S/C20H21N3O6/c1-12(2)19(13-4-7-15(28-3)8-5-13)21-18(24)11-22-16-9-6-14(23(26)27)10-17(16)29-20(22)25/h4-10,12,19H,11H2,1-3H3,(H,21,24). The fourth-order valence-electron chi connectivity index (χ4n) is 3.13. The van der Waals surface area contributed by atoms with Crippen LogP contribution in [0.4, 0.5) is 5.69 Å². The number of nitro benzene ring substituents is 1. The van der Waals surface area contributed by atoms with Crippen LogP contribution in [0.25, 0.3) is 11.1 Å². The van der Waals surface area contributed by atoms with Crippen molar-refractivity contribution in [3.63, 3.8) is 0 Å². The first-order valence-corrected chi connectivity index (χ1v) is 9.01. The second-order valence-electron chi connectivity index (χ2n) is 6.93. The third kappa shape index (κ3) is 4.29. The van der Waals surface area contributed by atoms with E-state index in [0.717, 1.165) is 10.1 Å². The van der Waals surface area contributed by atoms with E-state index in [0.29, 0.717) is 11.3 Å². The van der Waals surface area contributed by atoms with Gasteiger partial charge in [0, 0.05) is 6.07 Å². The Morgan fingerprint density at radius 3 is 2.52 bits per heavy atom. The largest absolute Gasteiger partial charge is 0.497 e. The van der Waals surface area contributed by atoms with E-state index in [-0.39, 0.29) is 35.7 Å². The maximum Gasteiger partial charge on any atom is 0.420 e. The number of aromatic nitrogens is 1. The molecule has 0 fully saturated rings. The highest BCUT2D eigenvalue weighted by Crippen LogP contribution is 2.24. The molecule has 0 aliphatic rings. The molecule has 0 bridgehead atoms. The average molecular weight is 399 g/mol. The number of methoxy groups -OCH3 is 1. The molecule has 0 saturated carbocycles. The van der Waals surface area contributed by atoms with E-state index >= 15 is 0 Å². The van der Waals surface area contributed by atoms with Gasteiger partial charge in [0.05, 0.1) is 29.7 Å². The summed E-state index contributed by atoms with van der Waals surface area (Å²) in [5.41, 5.74) is 1.10. The summed E-state index contributed by atoms with van der Waals surface area (Å²) in [7, 11) is 1.58. The number of carbonyl (C=O) groups excluding carboxylic acids is 1. The summed E-state index contributed by atoms with van der Waals surface area (Å²) in [6, 6.07) is 11.0. The average Bonchev–Trinajstić information content (AvgIpc) is 3.00. The molecule has 1 atom stereocenters. The van der Waals surface area contributed by atoms with Crippen LogP contribution in [-0.2, 0) is 11.3 Å². The Labute approximate surface area is 166 Å². The number of nitrogens with one attached hydrogen (secondary N) is 1. The SMILES string of the molecule is COc1ccc(C(NC(=O)Cn2c(=O)oc3cc([N+](=O)[O-])ccc32)C(C)C)cc1. The number of amides is 1. The Balaban J connectivity index is 1.82. The van der Waals surface area contributed by atoms with Crippen LogP contribution in [0.15, 0.2) is 51.7 Å². The van der Waals surface area contributed by atoms with E-state index in [1.807, 2.05) is 38.1 Å². The molecule has 0 aliphatic heterocycles. The molecule has 0 aliphatic carbocycles. The van der Waals surface area contributed by atoms with Gasteiger partial charge in [-0.25, -0.2) is 4.79 Å². The number of ether oxygens (including phenoxy) is 1. The van der Waals surface area contributed by atoms with Crippen LogP contribution < -0.4 is 15.8 Å². The van der Waals surface area contributed by atoms with Gasteiger partial charge < -0.3 is 14.5 Å². The smallest absolute Gasteiger partial charge is 0.420 e. The summed E-state index contributed by atoms with van der Waals surface area (Å²) in [5, 5.41) is 13.8. The lowest BCUT2D eigenvalue weighted by Crippen LogP contribution is -2.35. The molecule has 1 unspecified atom stereocenters. The van der Waals surface area contributed by atoms with Gasteiger partial charge in [0.2, 0.25) is 5.91 Å². The molecule has 0 radical (unpaired) electrons. The number of hydrogen-bond donors (Lipinski definition) is 1. The van der Waals surface area contributed by atoms with E-state index in [1.54, 1.807) is 7.11 Å². The van der Waals surface area contributed by atoms with Crippen LogP contribution in [0.2, 0.25) is 0 Å². The normalized spacial score (nSPS) is 12.1. The fourth-order valence-corrected chi connectivity index (χ4v) is 3.13. The molecule has 0 saturated heterocycles. The van der Waals surface area contributed by atoms with Crippen molar-refractivity contribution in [3.8, 4) is 5.75 Å². The van der Waals surface area contributed by atoms with E-state index in [9.17, 15) is 19.7 Å². The zero-order chi connectivity index (χ0) is 21.1. The molecule has 9 heteroatoms. The Morgan fingerprint density at radius 2 is 1.93 bits per heavy atom. The van der Waals surface area contributed by atoms with Crippen LogP contribution in [0.5, 0.6) is 5.75 Å². The maximum atomic E-state index is 12.6. The lowest BCUT2D eigenvalue weighted by molar-refractivity contribution is -0.384. The Morgan fingerprint density at radius 1 is 1.24 bits per heavy atom. The van der Waals surface area contributed by atoms with Gasteiger partial charge in [-0.1, -0.05) is 26.0 Å². The minimum atomic E-state index is -0.749. The second kappa shape index (κ2) is 8.17. The van der Waals surface area contributed by atoms with Gasteiger partial charge in [-0.05, 0) is 29.7 Å². The predicted molar refractivity (Wildman–Crippen MR) is 106 cm³/mol. The Bertz CT molecular complexity index is 1100. The van der Waals surface area contributed by atoms with Gasteiger partial charge >= 0.3 is 5.76 Å². The minimum absolute atomic E-state index is 0.0626. The first-order valence-electron chi connectivity index (χ1n) is 9.01. The number of non-ortho nitro benzene ring substituents is 1. The Kier molecular flexibility index (Phi) is 5.67. The van der Waals surface area contributed by atoms with Crippen molar-refractivity contribution in [2.75, 3.05) is 7.11 Å². The number of nitro groups is 1. The first kappa shape index (κ1) is 20.1. The fraction of sp³-hybridized carbons (Fsp3) is 0.300. The van der Waals surface area contributed by atoms with E-state index < -0.39 is 10.7 Å². The number of rotatable bonds is 7. The van der Waals surface area contributed by atoms with Gasteiger partial charge in [0.1, 0.15) is 12.3 Å². The number of fused-ring (bicyclic) bond motifs is 1. The van der Waals surface area contributed by atoms with Crippen molar-refractivity contribution < 1.29 is 18.9 Å². The zero-order valence-corrected chi connectivity index (χ0v) is 16.2. The van der Waals surface area contributed by atoms with E-state index in [2.05, 4.69) is 5.32 Å². The van der Waals surface area contributed by atoms with Crippen molar-refractivity contribution in [2.24, 2.45) is 5.92 Å². The summed E-state index contributed by atoms with van der Waals surface area (Å²) in [5.74, 6) is -0.301. The number of hydrogen-bond acceptors (Lipinski definition) is 6. The number of carbonyl (C=O) groups is 1. The molecule has 2 aromatic carbocycles. The molecule has 29 heavy (non-hydrogen) atoms. The van der Waals surface area contributed by atoms with Crippen molar-refractivity contribution in [1.82, 2.24) is 9.88 Å². The maximum absolute atomic E-state index is 12.6. The Hall–Kier alpha value is -3.62. The minimum Gasteiger partial charge on any atom is -0.497 e. The van der Waals surface area contributed by atoms with Gasteiger partial charge in [-0.3, -0.25) is 19.5 Å². The summed E-state index contributed by atoms with van der Waals surface area (Å²) in [6.45, 7) is 3.70. The first-order chi connectivity index (χ1) is 13.8. The molecule has 1 N–H and O–H groups in total. The van der Waals surface area contributed by atoms with Gasteiger partial charge in [-0.15, -0.1) is 0 Å². The molecule has 9 nitrogen and oxygen atoms in total. The van der Waals surface area contributed by atoms with E-state index in [1.165, 1.54) is 18.2 Å². The third-order valence-corrected chi connectivity index (χ3v) is 4.62. The lowest BCUT2D eigenvalue weighted by Gasteiger charge is -2.23. The molecule has 0 spiro atoms. The zero-order valence-electron chi connectivity index (χ0n) is 16.2. The number of oxazole rings is 1. The lowest BCUT2D eigenvalue weighted by atomic mass is 9.96. The van der Waals surface area contributed by atoms with Crippen LogP contribution >= 0.6 is 0 Å². The van der Waals surface area contributed by atoms with Crippen LogP contribution in [0.3, 0.4) is 0 Å². The van der Waals surface area contributed by atoms with Crippen LogP contribution in [-0.4, -0.2) is 22.5 Å². The van der Waals surface area contributed by atoms with Crippen LogP contribution in [0, 0.1) is 16.0 Å². The summed E-state index contributed by atoms with van der Waals surface area (Å²) >= 11 is 0. The van der Waals surface area contributed by atoms with Crippen LogP contribution in [0.1, 0.15) is 25.5 Å². The van der Waals surface area contributed by atoms with Gasteiger partial charge in [0.15, 0.2) is 5.58 Å². The van der Waals surface area contributed by atoms with Crippen molar-refractivity contribution in [2.45, 2.75) is 26.4 Å². The summed E-state index contributed by atoms with van der Waals surface area (Å²) in [4.78, 5) is 35.1. The topological polar surface area (TPSA) is 117 Å². The molecular weight excluding hydrogens is 378 g/mol. The molecule has 1 heterocycles. The number of nitrogens with zero attached hydrogens (tertiary/aromatic N) is 2. The second-order valence-corrected chi connectivity index (χ2v) is 6.93. The molecule has 1 amide bonds. The highest BCUT2D eigenvalue weighted by molar-refractivity contribution is 5.81. The van der Waals surface area contributed by atoms with Gasteiger partial charge in [-0.2, -0.15) is 0 Å². The highest BCUT2D eigenvalue weighted by atomic mass is 16.6. The monoisotopic (exact) mass is 399 g/mol. The van der Waals surface area contributed by atoms with Crippen molar-refractivity contribution in [3.05, 3.63) is 68.7 Å². The molecular formula is C20H21N3O6. The summed E-state index contributed by atoms with van der Waals surface area (Å²) in [6.07, 6.45) is 0. The predicted octanol–water partition coefficient (Wildman–Crippen LogP) is 3.02. The summed E-state index contributed by atoms with van der Waals surface area (Å²) < 4.78 is 11.4.